The highest BCUT2D eigenvalue weighted by atomic mass is 35.5. The van der Waals surface area contributed by atoms with E-state index in [2.05, 4.69) is 10.4 Å². The number of benzene rings is 1. The second-order valence-corrected chi connectivity index (χ2v) is 4.55. The molecule has 100 valence electrons. The summed E-state index contributed by atoms with van der Waals surface area (Å²) in [6, 6.07) is 4.49. The van der Waals surface area contributed by atoms with Crippen molar-refractivity contribution in [3.05, 3.63) is 50.8 Å². The second-order valence-electron chi connectivity index (χ2n) is 3.74. The van der Waals surface area contributed by atoms with Crippen LogP contribution in [0.5, 0.6) is 0 Å². The molecule has 0 amide bonds. The van der Waals surface area contributed by atoms with Crippen molar-refractivity contribution in [1.29, 1.82) is 0 Å². The third kappa shape index (κ3) is 3.36. The average Bonchev–Trinajstić information content (AvgIpc) is 2.86. The summed E-state index contributed by atoms with van der Waals surface area (Å²) < 4.78 is 1.72. The Morgan fingerprint density at radius 1 is 1.37 bits per heavy atom. The van der Waals surface area contributed by atoms with Crippen molar-refractivity contribution in [3.8, 4) is 0 Å². The second kappa shape index (κ2) is 5.90. The van der Waals surface area contributed by atoms with E-state index in [1.54, 1.807) is 10.9 Å². The fourth-order valence-electron chi connectivity index (χ4n) is 1.57. The van der Waals surface area contributed by atoms with E-state index >= 15 is 0 Å². The molecule has 0 saturated heterocycles. The molecule has 6 nitrogen and oxygen atoms in total. The van der Waals surface area contributed by atoms with Gasteiger partial charge < -0.3 is 5.32 Å². The fraction of sp³-hybridized carbons (Fsp3) is 0.182. The van der Waals surface area contributed by atoms with Crippen LogP contribution in [0.1, 0.15) is 0 Å². The summed E-state index contributed by atoms with van der Waals surface area (Å²) in [6.07, 6.45) is 3.48. The number of nitrogens with one attached hydrogen (secondary N) is 1. The number of rotatable bonds is 5. The van der Waals surface area contributed by atoms with Gasteiger partial charge in [-0.25, -0.2) is 0 Å². The molecule has 0 fully saturated rings. The van der Waals surface area contributed by atoms with Gasteiger partial charge in [-0.05, 0) is 12.1 Å². The fourth-order valence-corrected chi connectivity index (χ4v) is 1.89. The molecule has 1 aromatic carbocycles. The monoisotopic (exact) mass is 300 g/mol. The highest BCUT2D eigenvalue weighted by molar-refractivity contribution is 6.42. The summed E-state index contributed by atoms with van der Waals surface area (Å²) in [5, 5.41) is 18.3. The van der Waals surface area contributed by atoms with Crippen LogP contribution in [-0.2, 0) is 6.54 Å². The van der Waals surface area contributed by atoms with Gasteiger partial charge in [0.2, 0.25) is 0 Å². The zero-order valence-corrected chi connectivity index (χ0v) is 11.2. The van der Waals surface area contributed by atoms with Crippen molar-refractivity contribution in [2.45, 2.75) is 6.54 Å². The summed E-state index contributed by atoms with van der Waals surface area (Å²) in [4.78, 5) is 10.4. The summed E-state index contributed by atoms with van der Waals surface area (Å²) in [5.41, 5.74) is 0.237. The Bertz CT molecular complexity index is 587. The van der Waals surface area contributed by atoms with Crippen molar-refractivity contribution >= 4 is 34.6 Å². The lowest BCUT2D eigenvalue weighted by Crippen LogP contribution is -2.11. The molecule has 1 N–H and O–H groups in total. The van der Waals surface area contributed by atoms with Crippen molar-refractivity contribution in [2.24, 2.45) is 0 Å². The van der Waals surface area contributed by atoms with Crippen LogP contribution in [0.25, 0.3) is 0 Å². The number of hydrogen-bond donors (Lipinski definition) is 1. The van der Waals surface area contributed by atoms with Crippen LogP contribution in [-0.4, -0.2) is 21.2 Å². The summed E-state index contributed by atoms with van der Waals surface area (Å²) >= 11 is 11.6. The van der Waals surface area contributed by atoms with Crippen LogP contribution in [0.3, 0.4) is 0 Å². The van der Waals surface area contributed by atoms with Gasteiger partial charge in [0.15, 0.2) is 0 Å². The quantitative estimate of drug-likeness (QED) is 0.680. The third-order valence-corrected chi connectivity index (χ3v) is 3.17. The standard InChI is InChI=1S/C11H10Cl2N4O2/c12-8-6-10(11(17(18)19)7-9(8)13)14-3-5-16-4-1-2-15-16/h1-2,4,6-7,14H,3,5H2. The molecule has 8 heteroatoms. The zero-order valence-electron chi connectivity index (χ0n) is 9.72. The highest BCUT2D eigenvalue weighted by Crippen LogP contribution is 2.33. The summed E-state index contributed by atoms with van der Waals surface area (Å²) in [5.74, 6) is 0. The maximum absolute atomic E-state index is 10.9. The van der Waals surface area contributed by atoms with Crippen LogP contribution in [0.2, 0.25) is 10.0 Å². The number of hydrogen-bond acceptors (Lipinski definition) is 4. The van der Waals surface area contributed by atoms with E-state index in [-0.39, 0.29) is 15.7 Å². The molecular formula is C11H10Cl2N4O2. The van der Waals surface area contributed by atoms with Crippen molar-refractivity contribution in [2.75, 3.05) is 11.9 Å². The molecule has 0 radical (unpaired) electrons. The Balaban J connectivity index is 2.10. The molecule has 1 heterocycles. The van der Waals surface area contributed by atoms with E-state index in [9.17, 15) is 10.1 Å². The lowest BCUT2D eigenvalue weighted by atomic mass is 10.2. The molecule has 0 unspecified atom stereocenters. The molecule has 2 rings (SSSR count). The van der Waals surface area contributed by atoms with Crippen molar-refractivity contribution in [3.63, 3.8) is 0 Å². The molecule has 0 saturated carbocycles. The molecule has 1 aromatic heterocycles. The zero-order chi connectivity index (χ0) is 13.8. The molecule has 19 heavy (non-hydrogen) atoms. The minimum Gasteiger partial charge on any atom is -0.378 e. The van der Waals surface area contributed by atoms with E-state index in [4.69, 9.17) is 23.2 Å². The van der Waals surface area contributed by atoms with Gasteiger partial charge in [-0.1, -0.05) is 23.2 Å². The SMILES string of the molecule is O=[N+]([O-])c1cc(Cl)c(Cl)cc1NCCn1cccn1. The van der Waals surface area contributed by atoms with Gasteiger partial charge in [-0.15, -0.1) is 0 Å². The Morgan fingerprint density at radius 3 is 2.74 bits per heavy atom. The first kappa shape index (κ1) is 13.6. The van der Waals surface area contributed by atoms with Gasteiger partial charge in [0.05, 0.1) is 21.5 Å². The molecule has 0 atom stereocenters. The Morgan fingerprint density at radius 2 is 2.11 bits per heavy atom. The molecule has 0 spiro atoms. The van der Waals surface area contributed by atoms with E-state index in [0.717, 1.165) is 0 Å². The highest BCUT2D eigenvalue weighted by Gasteiger charge is 2.16. The van der Waals surface area contributed by atoms with Crippen molar-refractivity contribution in [1.82, 2.24) is 9.78 Å². The minimum absolute atomic E-state index is 0.102. The van der Waals surface area contributed by atoms with E-state index < -0.39 is 4.92 Å². The summed E-state index contributed by atoms with van der Waals surface area (Å²) in [7, 11) is 0. The number of anilines is 1. The largest absolute Gasteiger partial charge is 0.378 e. The summed E-state index contributed by atoms with van der Waals surface area (Å²) in [6.45, 7) is 1.07. The van der Waals surface area contributed by atoms with Crippen LogP contribution >= 0.6 is 23.2 Å². The lowest BCUT2D eigenvalue weighted by Gasteiger charge is -2.08. The molecule has 0 aliphatic carbocycles. The third-order valence-electron chi connectivity index (χ3n) is 2.45. The van der Waals surface area contributed by atoms with Crippen LogP contribution in [0.15, 0.2) is 30.6 Å². The minimum atomic E-state index is -0.502. The van der Waals surface area contributed by atoms with Gasteiger partial charge in [0.25, 0.3) is 5.69 Å². The lowest BCUT2D eigenvalue weighted by molar-refractivity contribution is -0.383. The number of halogens is 2. The molecule has 0 bridgehead atoms. The first-order chi connectivity index (χ1) is 9.08. The molecule has 0 aliphatic rings. The topological polar surface area (TPSA) is 73.0 Å². The molecule has 0 aliphatic heterocycles. The molecular weight excluding hydrogens is 291 g/mol. The number of nitrogens with zero attached hydrogens (tertiary/aromatic N) is 3. The smallest absolute Gasteiger partial charge is 0.293 e. The predicted molar refractivity (Wildman–Crippen MR) is 73.8 cm³/mol. The van der Waals surface area contributed by atoms with Crippen LogP contribution in [0, 0.1) is 10.1 Å². The van der Waals surface area contributed by atoms with Crippen LogP contribution < -0.4 is 5.32 Å². The van der Waals surface area contributed by atoms with E-state index in [1.807, 2.05) is 12.3 Å². The normalized spacial score (nSPS) is 10.4. The van der Waals surface area contributed by atoms with Gasteiger partial charge in [-0.2, -0.15) is 5.10 Å². The first-order valence-electron chi connectivity index (χ1n) is 5.42. The maximum Gasteiger partial charge on any atom is 0.293 e. The number of nitro groups is 1. The number of aromatic nitrogens is 2. The maximum atomic E-state index is 10.9. The van der Waals surface area contributed by atoms with Gasteiger partial charge in [-0.3, -0.25) is 14.8 Å². The van der Waals surface area contributed by atoms with Gasteiger partial charge in [0, 0.05) is 25.0 Å². The first-order valence-corrected chi connectivity index (χ1v) is 6.18. The van der Waals surface area contributed by atoms with Crippen molar-refractivity contribution < 1.29 is 4.92 Å². The Labute approximate surface area is 119 Å². The Hall–Kier alpha value is -1.79. The number of nitro benzene ring substituents is 1. The van der Waals surface area contributed by atoms with E-state index in [1.165, 1.54) is 12.1 Å². The van der Waals surface area contributed by atoms with Crippen LogP contribution in [0.4, 0.5) is 11.4 Å². The van der Waals surface area contributed by atoms with Gasteiger partial charge in [0.1, 0.15) is 5.69 Å². The predicted octanol–water partition coefficient (Wildman–Crippen LogP) is 3.21. The average molecular weight is 301 g/mol. The van der Waals surface area contributed by atoms with Gasteiger partial charge >= 0.3 is 0 Å². The molecule has 2 aromatic rings. The Kier molecular flexibility index (Phi) is 4.24. The van der Waals surface area contributed by atoms with E-state index in [0.29, 0.717) is 18.8 Å².